The average Bonchev–Trinajstić information content (AvgIpc) is 2.86. The Morgan fingerprint density at radius 3 is 2.95 bits per heavy atom. The largest absolute Gasteiger partial charge is 0.322 e. The minimum absolute atomic E-state index is 0.290. The summed E-state index contributed by atoms with van der Waals surface area (Å²) in [5, 5.41) is 5.65. The summed E-state index contributed by atoms with van der Waals surface area (Å²) in [6.45, 7) is 2.47. The summed E-state index contributed by atoms with van der Waals surface area (Å²) in [6.07, 6.45) is 0.893. The normalized spacial score (nSPS) is 10.3. The number of aromatic nitrogens is 1. The van der Waals surface area contributed by atoms with E-state index in [1.165, 1.54) is 17.0 Å². The van der Waals surface area contributed by atoms with Gasteiger partial charge in [-0.3, -0.25) is 0 Å². The van der Waals surface area contributed by atoms with E-state index in [1.54, 1.807) is 30.5 Å². The van der Waals surface area contributed by atoms with Gasteiger partial charge in [0, 0.05) is 18.1 Å². The van der Waals surface area contributed by atoms with Gasteiger partial charge < -0.3 is 10.2 Å². The molecule has 4 nitrogen and oxygen atoms in total. The van der Waals surface area contributed by atoms with Crippen molar-refractivity contribution in [1.29, 1.82) is 0 Å². The van der Waals surface area contributed by atoms with Gasteiger partial charge in [0.25, 0.3) is 0 Å². The van der Waals surface area contributed by atoms with E-state index in [4.69, 9.17) is 0 Å². The first-order valence-corrected chi connectivity index (χ1v) is 7.17. The van der Waals surface area contributed by atoms with Crippen LogP contribution in [0.3, 0.4) is 0 Å². The molecule has 0 radical (unpaired) electrons. The molecule has 1 aromatic heterocycles. The predicted molar refractivity (Wildman–Crippen MR) is 78.4 cm³/mol. The van der Waals surface area contributed by atoms with Crippen LogP contribution < -0.4 is 5.32 Å². The first-order valence-electron chi connectivity index (χ1n) is 6.29. The number of rotatable bonds is 4. The number of thiazole rings is 1. The molecule has 1 N–H and O–H groups in total. The van der Waals surface area contributed by atoms with Gasteiger partial charge in [0.1, 0.15) is 5.82 Å². The fourth-order valence-electron chi connectivity index (χ4n) is 1.68. The number of carbonyl (C=O) groups is 1. The van der Waals surface area contributed by atoms with E-state index >= 15 is 0 Å². The number of benzene rings is 1. The van der Waals surface area contributed by atoms with Crippen molar-refractivity contribution in [1.82, 2.24) is 9.88 Å². The number of amides is 2. The Bertz CT molecular complexity index is 600. The molecule has 106 valence electrons. The van der Waals surface area contributed by atoms with Crippen molar-refractivity contribution in [2.24, 2.45) is 0 Å². The number of anilines is 1. The van der Waals surface area contributed by atoms with Gasteiger partial charge in [-0.2, -0.15) is 0 Å². The Hall–Kier alpha value is -1.95. The Kier molecular flexibility index (Phi) is 4.68. The number of aryl methyl sites for hydroxylation is 1. The molecule has 2 amide bonds. The van der Waals surface area contributed by atoms with E-state index in [1.807, 2.05) is 12.3 Å². The van der Waals surface area contributed by atoms with Crippen LogP contribution in [0.2, 0.25) is 0 Å². The second-order valence-electron chi connectivity index (χ2n) is 4.38. The van der Waals surface area contributed by atoms with Crippen molar-refractivity contribution in [2.75, 3.05) is 12.4 Å². The van der Waals surface area contributed by atoms with Crippen molar-refractivity contribution in [2.45, 2.75) is 19.9 Å². The highest BCUT2D eigenvalue weighted by Crippen LogP contribution is 2.13. The molecule has 0 bridgehead atoms. The summed E-state index contributed by atoms with van der Waals surface area (Å²) in [7, 11) is 1.68. The number of urea groups is 1. The monoisotopic (exact) mass is 293 g/mol. The molecule has 0 unspecified atom stereocenters. The summed E-state index contributed by atoms with van der Waals surface area (Å²) in [4.78, 5) is 17.9. The quantitative estimate of drug-likeness (QED) is 0.937. The SMILES string of the molecule is CCc1nc(CN(C)C(=O)Nc2cccc(F)c2)cs1. The maximum Gasteiger partial charge on any atom is 0.321 e. The Balaban J connectivity index is 1.95. The zero-order valence-electron chi connectivity index (χ0n) is 11.4. The number of nitrogens with one attached hydrogen (secondary N) is 1. The summed E-state index contributed by atoms with van der Waals surface area (Å²) in [6, 6.07) is 5.53. The Labute approximate surface area is 121 Å². The standard InChI is InChI=1S/C14H16FN3OS/c1-3-13-16-12(9-20-13)8-18(2)14(19)17-11-6-4-5-10(15)7-11/h4-7,9H,3,8H2,1-2H3,(H,17,19). The van der Waals surface area contributed by atoms with Gasteiger partial charge in [0.2, 0.25) is 0 Å². The topological polar surface area (TPSA) is 45.2 Å². The number of hydrogen-bond donors (Lipinski definition) is 1. The second kappa shape index (κ2) is 6.47. The van der Waals surface area contributed by atoms with E-state index in [0.717, 1.165) is 17.1 Å². The molecule has 0 saturated carbocycles. The van der Waals surface area contributed by atoms with Crippen LogP contribution in [0.1, 0.15) is 17.6 Å². The minimum atomic E-state index is -0.377. The Morgan fingerprint density at radius 2 is 2.30 bits per heavy atom. The number of hydrogen-bond acceptors (Lipinski definition) is 3. The van der Waals surface area contributed by atoms with Crippen LogP contribution in [-0.4, -0.2) is 23.0 Å². The highest BCUT2D eigenvalue weighted by atomic mass is 32.1. The predicted octanol–water partition coefficient (Wildman–Crippen LogP) is 3.51. The maximum atomic E-state index is 13.0. The molecule has 1 aromatic carbocycles. The van der Waals surface area contributed by atoms with Gasteiger partial charge in [0.15, 0.2) is 0 Å². The lowest BCUT2D eigenvalue weighted by Crippen LogP contribution is -2.31. The molecule has 0 saturated heterocycles. The summed E-state index contributed by atoms with van der Waals surface area (Å²) >= 11 is 1.59. The van der Waals surface area contributed by atoms with Gasteiger partial charge in [-0.05, 0) is 24.6 Å². The first-order chi connectivity index (χ1) is 9.58. The number of halogens is 1. The molecule has 0 atom stereocenters. The first kappa shape index (κ1) is 14.5. The fourth-order valence-corrected chi connectivity index (χ4v) is 2.42. The van der Waals surface area contributed by atoms with Crippen LogP contribution in [0.25, 0.3) is 0 Å². The van der Waals surface area contributed by atoms with Gasteiger partial charge >= 0.3 is 6.03 Å². The van der Waals surface area contributed by atoms with Gasteiger partial charge in [0.05, 0.1) is 17.2 Å². The summed E-state index contributed by atoms with van der Waals surface area (Å²) in [5.41, 5.74) is 1.30. The number of nitrogens with zero attached hydrogens (tertiary/aromatic N) is 2. The van der Waals surface area contributed by atoms with E-state index in [0.29, 0.717) is 12.2 Å². The Morgan fingerprint density at radius 1 is 1.50 bits per heavy atom. The van der Waals surface area contributed by atoms with Crippen LogP contribution in [0.5, 0.6) is 0 Å². The minimum Gasteiger partial charge on any atom is -0.322 e. The van der Waals surface area contributed by atoms with E-state index < -0.39 is 0 Å². The highest BCUT2D eigenvalue weighted by molar-refractivity contribution is 7.09. The van der Waals surface area contributed by atoms with Gasteiger partial charge in [-0.15, -0.1) is 11.3 Å². The molecule has 2 rings (SSSR count). The van der Waals surface area contributed by atoms with E-state index in [9.17, 15) is 9.18 Å². The molecule has 0 fully saturated rings. The van der Waals surface area contributed by atoms with Gasteiger partial charge in [-0.25, -0.2) is 14.2 Å². The third-order valence-corrected chi connectivity index (χ3v) is 3.77. The highest BCUT2D eigenvalue weighted by Gasteiger charge is 2.11. The lowest BCUT2D eigenvalue weighted by atomic mass is 10.3. The molecular weight excluding hydrogens is 277 g/mol. The third kappa shape index (κ3) is 3.77. The van der Waals surface area contributed by atoms with Crippen molar-refractivity contribution >= 4 is 23.1 Å². The molecule has 0 spiro atoms. The van der Waals surface area contributed by atoms with Crippen LogP contribution >= 0.6 is 11.3 Å². The molecule has 0 aliphatic rings. The maximum absolute atomic E-state index is 13.0. The fraction of sp³-hybridized carbons (Fsp3) is 0.286. The molecular formula is C14H16FN3OS. The molecule has 20 heavy (non-hydrogen) atoms. The van der Waals surface area contributed by atoms with E-state index in [-0.39, 0.29) is 11.8 Å². The molecule has 0 aliphatic carbocycles. The lowest BCUT2D eigenvalue weighted by Gasteiger charge is -2.16. The van der Waals surface area contributed by atoms with Crippen molar-refractivity contribution in [3.8, 4) is 0 Å². The van der Waals surface area contributed by atoms with E-state index in [2.05, 4.69) is 10.3 Å². The lowest BCUT2D eigenvalue weighted by molar-refractivity contribution is 0.220. The molecule has 0 aliphatic heterocycles. The van der Waals surface area contributed by atoms with Crippen molar-refractivity contribution < 1.29 is 9.18 Å². The summed E-state index contributed by atoms with van der Waals surface area (Å²) < 4.78 is 13.0. The smallest absolute Gasteiger partial charge is 0.321 e. The third-order valence-electron chi connectivity index (χ3n) is 2.72. The second-order valence-corrected chi connectivity index (χ2v) is 5.33. The van der Waals surface area contributed by atoms with Crippen molar-refractivity contribution in [3.05, 3.63) is 46.2 Å². The molecule has 2 aromatic rings. The summed E-state index contributed by atoms with van der Waals surface area (Å²) in [5.74, 6) is -0.377. The molecule has 6 heteroatoms. The van der Waals surface area contributed by atoms with Crippen LogP contribution in [0, 0.1) is 5.82 Å². The zero-order chi connectivity index (χ0) is 14.5. The number of carbonyl (C=O) groups excluding carboxylic acids is 1. The van der Waals surface area contributed by atoms with Crippen LogP contribution in [-0.2, 0) is 13.0 Å². The van der Waals surface area contributed by atoms with Crippen LogP contribution in [0.4, 0.5) is 14.9 Å². The average molecular weight is 293 g/mol. The molecule has 1 heterocycles. The van der Waals surface area contributed by atoms with Crippen molar-refractivity contribution in [3.63, 3.8) is 0 Å². The van der Waals surface area contributed by atoms with Gasteiger partial charge in [-0.1, -0.05) is 13.0 Å². The zero-order valence-corrected chi connectivity index (χ0v) is 12.2. The van der Waals surface area contributed by atoms with Crippen LogP contribution in [0.15, 0.2) is 29.6 Å².